The number of carboxylic acids is 1. The highest BCUT2D eigenvalue weighted by Gasteiger charge is 2.34. The molecule has 1 aliphatic heterocycles. The Kier molecular flexibility index (Phi) is 5.08. The average molecular weight is 363 g/mol. The molecule has 2 aliphatic rings. The molecule has 6 nitrogen and oxygen atoms in total. The molecule has 0 spiro atoms. The molecule has 132 valence electrons. The third kappa shape index (κ3) is 3.69. The van der Waals surface area contributed by atoms with Crippen molar-refractivity contribution in [1.29, 1.82) is 0 Å². The van der Waals surface area contributed by atoms with E-state index in [0.717, 1.165) is 6.42 Å². The summed E-state index contributed by atoms with van der Waals surface area (Å²) in [6.45, 7) is 0.638. The SMILES string of the molecule is O=C(O)C1CC=CCC1C(=O)Nc1ccc(N2CCCC2=O)c(Cl)c1. The van der Waals surface area contributed by atoms with Crippen LogP contribution in [0.15, 0.2) is 30.4 Å². The molecule has 2 atom stereocenters. The van der Waals surface area contributed by atoms with Crippen molar-refractivity contribution in [3.05, 3.63) is 35.4 Å². The molecule has 1 aliphatic carbocycles. The van der Waals surface area contributed by atoms with E-state index in [4.69, 9.17) is 11.6 Å². The zero-order valence-electron chi connectivity index (χ0n) is 13.6. The smallest absolute Gasteiger partial charge is 0.307 e. The van der Waals surface area contributed by atoms with Crippen LogP contribution in [0.2, 0.25) is 5.02 Å². The van der Waals surface area contributed by atoms with E-state index in [2.05, 4.69) is 5.32 Å². The first-order valence-electron chi connectivity index (χ1n) is 8.26. The lowest BCUT2D eigenvalue weighted by Gasteiger charge is -2.24. The van der Waals surface area contributed by atoms with Crippen LogP contribution in [0.5, 0.6) is 0 Å². The Labute approximate surface area is 150 Å². The number of anilines is 2. The topological polar surface area (TPSA) is 86.7 Å². The summed E-state index contributed by atoms with van der Waals surface area (Å²) < 4.78 is 0. The second-order valence-electron chi connectivity index (χ2n) is 6.30. The van der Waals surface area contributed by atoms with Crippen LogP contribution < -0.4 is 10.2 Å². The van der Waals surface area contributed by atoms with Gasteiger partial charge in [-0.3, -0.25) is 14.4 Å². The number of nitrogens with zero attached hydrogens (tertiary/aromatic N) is 1. The molecule has 1 fully saturated rings. The second-order valence-corrected chi connectivity index (χ2v) is 6.71. The Morgan fingerprint density at radius 1 is 1.20 bits per heavy atom. The molecule has 7 heteroatoms. The molecule has 1 saturated heterocycles. The van der Waals surface area contributed by atoms with Crippen LogP contribution in [0.3, 0.4) is 0 Å². The van der Waals surface area contributed by atoms with Gasteiger partial charge in [-0.15, -0.1) is 0 Å². The zero-order chi connectivity index (χ0) is 18.0. The minimum Gasteiger partial charge on any atom is -0.481 e. The lowest BCUT2D eigenvalue weighted by molar-refractivity contribution is -0.146. The maximum absolute atomic E-state index is 12.5. The van der Waals surface area contributed by atoms with Gasteiger partial charge in [0.1, 0.15) is 0 Å². The van der Waals surface area contributed by atoms with E-state index in [1.54, 1.807) is 29.2 Å². The van der Waals surface area contributed by atoms with Crippen LogP contribution >= 0.6 is 11.6 Å². The Morgan fingerprint density at radius 3 is 2.52 bits per heavy atom. The predicted molar refractivity (Wildman–Crippen MR) is 94.7 cm³/mol. The van der Waals surface area contributed by atoms with Crippen molar-refractivity contribution in [3.8, 4) is 0 Å². The van der Waals surface area contributed by atoms with Gasteiger partial charge in [-0.2, -0.15) is 0 Å². The first-order chi connectivity index (χ1) is 12.0. The van der Waals surface area contributed by atoms with Gasteiger partial charge >= 0.3 is 5.97 Å². The van der Waals surface area contributed by atoms with E-state index < -0.39 is 17.8 Å². The molecule has 0 aromatic heterocycles. The third-order valence-corrected chi connectivity index (χ3v) is 4.97. The van der Waals surface area contributed by atoms with Crippen LogP contribution in [-0.2, 0) is 14.4 Å². The van der Waals surface area contributed by atoms with Gasteiger partial charge in [0.15, 0.2) is 0 Å². The summed E-state index contributed by atoms with van der Waals surface area (Å²) in [6.07, 6.45) is 5.70. The van der Waals surface area contributed by atoms with E-state index >= 15 is 0 Å². The lowest BCUT2D eigenvalue weighted by atomic mass is 9.82. The Hall–Kier alpha value is -2.34. The summed E-state index contributed by atoms with van der Waals surface area (Å²) in [5.74, 6) is -2.59. The molecular formula is C18H19ClN2O4. The Bertz CT molecular complexity index is 747. The highest BCUT2D eigenvalue weighted by molar-refractivity contribution is 6.34. The van der Waals surface area contributed by atoms with E-state index in [1.165, 1.54) is 0 Å². The van der Waals surface area contributed by atoms with Crippen molar-refractivity contribution in [1.82, 2.24) is 0 Å². The monoisotopic (exact) mass is 362 g/mol. The highest BCUT2D eigenvalue weighted by atomic mass is 35.5. The molecule has 25 heavy (non-hydrogen) atoms. The number of allylic oxidation sites excluding steroid dienone is 2. The second kappa shape index (κ2) is 7.27. The quantitative estimate of drug-likeness (QED) is 0.806. The number of rotatable bonds is 4. The predicted octanol–water partition coefficient (Wildman–Crippen LogP) is 3.07. The number of hydrogen-bond donors (Lipinski definition) is 2. The number of amides is 2. The molecule has 2 N–H and O–H groups in total. The fourth-order valence-electron chi connectivity index (χ4n) is 3.32. The number of carbonyl (C=O) groups excluding carboxylic acids is 2. The van der Waals surface area contributed by atoms with E-state index in [1.807, 2.05) is 6.08 Å². The van der Waals surface area contributed by atoms with Crippen LogP contribution in [0.4, 0.5) is 11.4 Å². The maximum Gasteiger partial charge on any atom is 0.307 e. The number of carbonyl (C=O) groups is 3. The molecular weight excluding hydrogens is 344 g/mol. The molecule has 1 heterocycles. The summed E-state index contributed by atoms with van der Waals surface area (Å²) in [5.41, 5.74) is 1.12. The van der Waals surface area contributed by atoms with Crippen molar-refractivity contribution in [2.75, 3.05) is 16.8 Å². The molecule has 0 radical (unpaired) electrons. The molecule has 2 amide bonds. The Morgan fingerprint density at radius 2 is 1.92 bits per heavy atom. The van der Waals surface area contributed by atoms with Crippen molar-refractivity contribution in [3.63, 3.8) is 0 Å². The number of nitrogens with one attached hydrogen (secondary N) is 1. The normalized spacial score (nSPS) is 22.9. The molecule has 0 bridgehead atoms. The molecule has 0 saturated carbocycles. The van der Waals surface area contributed by atoms with Crippen molar-refractivity contribution in [2.24, 2.45) is 11.8 Å². The van der Waals surface area contributed by atoms with Crippen molar-refractivity contribution in [2.45, 2.75) is 25.7 Å². The molecule has 1 aromatic carbocycles. The fraction of sp³-hybridized carbons (Fsp3) is 0.389. The van der Waals surface area contributed by atoms with Crippen LogP contribution in [0.25, 0.3) is 0 Å². The standard InChI is InChI=1S/C18H19ClN2O4/c19-14-10-11(7-8-15(14)21-9-3-6-16(21)22)20-17(23)12-4-1-2-5-13(12)18(24)25/h1-2,7-8,10,12-13H,3-6,9H2,(H,20,23)(H,24,25). The molecule has 3 rings (SSSR count). The van der Waals surface area contributed by atoms with Crippen molar-refractivity contribution >= 4 is 40.8 Å². The number of benzene rings is 1. The van der Waals surface area contributed by atoms with E-state index in [9.17, 15) is 19.5 Å². The summed E-state index contributed by atoms with van der Waals surface area (Å²) >= 11 is 6.27. The summed E-state index contributed by atoms with van der Waals surface area (Å²) in [7, 11) is 0. The van der Waals surface area contributed by atoms with Gasteiger partial charge in [-0.05, 0) is 37.5 Å². The van der Waals surface area contributed by atoms with Crippen molar-refractivity contribution < 1.29 is 19.5 Å². The summed E-state index contributed by atoms with van der Waals surface area (Å²) in [6, 6.07) is 4.98. The first kappa shape index (κ1) is 17.5. The van der Waals surface area contributed by atoms with Gasteiger partial charge in [0.05, 0.1) is 22.5 Å². The van der Waals surface area contributed by atoms with E-state index in [-0.39, 0.29) is 11.8 Å². The number of aliphatic carboxylic acids is 1. The van der Waals surface area contributed by atoms with Gasteiger partial charge in [0, 0.05) is 18.7 Å². The third-order valence-electron chi connectivity index (χ3n) is 4.67. The van der Waals surface area contributed by atoms with Gasteiger partial charge < -0.3 is 15.3 Å². The minimum absolute atomic E-state index is 0.0389. The number of carboxylic acid groups (broad SMARTS) is 1. The van der Waals surface area contributed by atoms with E-state index in [0.29, 0.717) is 42.2 Å². The van der Waals surface area contributed by atoms with Crippen LogP contribution in [0, 0.1) is 11.8 Å². The van der Waals surface area contributed by atoms with Gasteiger partial charge in [0.25, 0.3) is 0 Å². The van der Waals surface area contributed by atoms with Gasteiger partial charge in [-0.25, -0.2) is 0 Å². The Balaban J connectivity index is 1.73. The van der Waals surface area contributed by atoms with Gasteiger partial charge in [0.2, 0.25) is 11.8 Å². The largest absolute Gasteiger partial charge is 0.481 e. The van der Waals surface area contributed by atoms with Crippen LogP contribution in [0.1, 0.15) is 25.7 Å². The zero-order valence-corrected chi connectivity index (χ0v) is 14.3. The first-order valence-corrected chi connectivity index (χ1v) is 8.63. The number of hydrogen-bond acceptors (Lipinski definition) is 3. The highest BCUT2D eigenvalue weighted by Crippen LogP contribution is 2.33. The van der Waals surface area contributed by atoms with Crippen LogP contribution in [-0.4, -0.2) is 29.4 Å². The molecule has 1 aromatic rings. The maximum atomic E-state index is 12.5. The fourth-order valence-corrected chi connectivity index (χ4v) is 3.60. The summed E-state index contributed by atoms with van der Waals surface area (Å²) in [5, 5.41) is 12.4. The summed E-state index contributed by atoms with van der Waals surface area (Å²) in [4.78, 5) is 37.3. The number of halogens is 1. The lowest BCUT2D eigenvalue weighted by Crippen LogP contribution is -2.34. The average Bonchev–Trinajstić information content (AvgIpc) is 3.01. The molecule has 2 unspecified atom stereocenters. The van der Waals surface area contributed by atoms with Gasteiger partial charge in [-0.1, -0.05) is 23.8 Å². The minimum atomic E-state index is -0.967.